The summed E-state index contributed by atoms with van der Waals surface area (Å²) in [6.07, 6.45) is 0.904. The van der Waals surface area contributed by atoms with Gasteiger partial charge in [-0.15, -0.1) is 0 Å². The fourth-order valence-electron chi connectivity index (χ4n) is 2.32. The summed E-state index contributed by atoms with van der Waals surface area (Å²) in [6.45, 7) is 0. The van der Waals surface area contributed by atoms with Crippen molar-refractivity contribution in [1.29, 1.82) is 0 Å². The predicted octanol–water partition coefficient (Wildman–Crippen LogP) is 3.21. The van der Waals surface area contributed by atoms with Gasteiger partial charge in [0.2, 0.25) is 0 Å². The van der Waals surface area contributed by atoms with E-state index < -0.39 is 0 Å². The van der Waals surface area contributed by atoms with Gasteiger partial charge in [0.25, 0.3) is 0 Å². The van der Waals surface area contributed by atoms with Crippen LogP contribution in [-0.4, -0.2) is 21.3 Å². The highest BCUT2D eigenvalue weighted by Gasteiger charge is 2.11. The monoisotopic (exact) mass is 271 g/mol. The van der Waals surface area contributed by atoms with Gasteiger partial charge in [-0.3, -0.25) is 0 Å². The maximum absolute atomic E-state index is 5.35. The predicted molar refractivity (Wildman–Crippen MR) is 81.5 cm³/mol. The van der Waals surface area contributed by atoms with Crippen molar-refractivity contribution < 1.29 is 9.47 Å². The van der Waals surface area contributed by atoms with Crippen molar-refractivity contribution in [3.05, 3.63) is 59.7 Å². The van der Waals surface area contributed by atoms with Crippen LogP contribution in [0.1, 0.15) is 17.2 Å². The normalized spacial score (nSPS) is 11.9. The Bertz CT molecular complexity index is 540. The van der Waals surface area contributed by atoms with E-state index in [0.29, 0.717) is 0 Å². The second-order valence-electron chi connectivity index (χ2n) is 4.65. The van der Waals surface area contributed by atoms with E-state index in [0.717, 1.165) is 17.9 Å². The Kier molecular flexibility index (Phi) is 5.02. The Labute approximate surface area is 120 Å². The Morgan fingerprint density at radius 3 is 2.25 bits per heavy atom. The molecule has 0 heterocycles. The zero-order valence-electron chi connectivity index (χ0n) is 12.2. The van der Waals surface area contributed by atoms with Gasteiger partial charge in [0, 0.05) is 6.04 Å². The molecule has 0 radical (unpaired) electrons. The molecule has 0 aromatic heterocycles. The third-order valence-corrected chi connectivity index (χ3v) is 3.44. The maximum Gasteiger partial charge on any atom is 0.160 e. The summed E-state index contributed by atoms with van der Waals surface area (Å²) in [5.74, 6) is 1.53. The smallest absolute Gasteiger partial charge is 0.160 e. The maximum atomic E-state index is 5.35. The van der Waals surface area contributed by atoms with E-state index in [4.69, 9.17) is 9.47 Å². The molecule has 3 heteroatoms. The lowest BCUT2D eigenvalue weighted by Crippen LogP contribution is -2.18. The highest BCUT2D eigenvalue weighted by Crippen LogP contribution is 2.29. The van der Waals surface area contributed by atoms with Crippen LogP contribution in [0.3, 0.4) is 0 Å². The average molecular weight is 271 g/mol. The Morgan fingerprint density at radius 2 is 1.65 bits per heavy atom. The fraction of sp³-hybridized carbons (Fsp3) is 0.294. The van der Waals surface area contributed by atoms with Crippen LogP contribution in [0.4, 0.5) is 0 Å². The lowest BCUT2D eigenvalue weighted by Gasteiger charge is -2.17. The first-order valence-electron chi connectivity index (χ1n) is 6.71. The molecule has 3 nitrogen and oxygen atoms in total. The van der Waals surface area contributed by atoms with Crippen LogP contribution in [0, 0.1) is 0 Å². The number of hydrogen-bond donors (Lipinski definition) is 1. The fourth-order valence-corrected chi connectivity index (χ4v) is 2.32. The second-order valence-corrected chi connectivity index (χ2v) is 4.65. The Morgan fingerprint density at radius 1 is 0.950 bits per heavy atom. The van der Waals surface area contributed by atoms with Gasteiger partial charge in [-0.1, -0.05) is 36.4 Å². The lowest BCUT2D eigenvalue weighted by atomic mass is 9.99. The van der Waals surface area contributed by atoms with Crippen LogP contribution in [0.25, 0.3) is 0 Å². The second kappa shape index (κ2) is 6.96. The van der Waals surface area contributed by atoms with Crippen LogP contribution in [0.5, 0.6) is 11.5 Å². The Balaban J connectivity index is 2.20. The number of methoxy groups -OCH3 is 2. The molecule has 0 aliphatic heterocycles. The van der Waals surface area contributed by atoms with Crippen molar-refractivity contribution >= 4 is 0 Å². The number of benzene rings is 2. The Hall–Kier alpha value is -2.00. The molecule has 0 spiro atoms. The standard InChI is InChI=1S/C17H21NO2/c1-18-15(14-7-5-4-6-8-14)11-13-9-10-16(19-2)17(12-13)20-3/h4-10,12,15,18H,11H2,1-3H3. The number of nitrogens with one attached hydrogen (secondary N) is 1. The first kappa shape index (κ1) is 14.4. The summed E-state index contributed by atoms with van der Waals surface area (Å²) in [4.78, 5) is 0. The minimum atomic E-state index is 0.286. The van der Waals surface area contributed by atoms with Crippen LogP contribution in [-0.2, 0) is 6.42 Å². The molecule has 0 amide bonds. The van der Waals surface area contributed by atoms with Gasteiger partial charge in [-0.25, -0.2) is 0 Å². The quantitative estimate of drug-likeness (QED) is 0.875. The van der Waals surface area contributed by atoms with Gasteiger partial charge in [0.05, 0.1) is 14.2 Å². The molecule has 1 unspecified atom stereocenters. The molecule has 2 rings (SSSR count). The van der Waals surface area contributed by atoms with Gasteiger partial charge >= 0.3 is 0 Å². The number of likely N-dealkylation sites (N-methyl/N-ethyl adjacent to an activating group) is 1. The van der Waals surface area contributed by atoms with Crippen molar-refractivity contribution in [3.63, 3.8) is 0 Å². The molecule has 20 heavy (non-hydrogen) atoms. The van der Waals surface area contributed by atoms with Gasteiger partial charge in [-0.05, 0) is 36.7 Å². The van der Waals surface area contributed by atoms with Gasteiger partial charge in [0.15, 0.2) is 11.5 Å². The molecule has 0 saturated carbocycles. The van der Waals surface area contributed by atoms with E-state index >= 15 is 0 Å². The van der Waals surface area contributed by atoms with E-state index in [1.165, 1.54) is 11.1 Å². The third kappa shape index (κ3) is 3.31. The third-order valence-electron chi connectivity index (χ3n) is 3.44. The molecular weight excluding hydrogens is 250 g/mol. The van der Waals surface area contributed by atoms with Crippen LogP contribution in [0.15, 0.2) is 48.5 Å². The van der Waals surface area contributed by atoms with E-state index in [2.05, 4.69) is 35.6 Å². The minimum Gasteiger partial charge on any atom is -0.493 e. The van der Waals surface area contributed by atoms with Crippen molar-refractivity contribution in [2.45, 2.75) is 12.5 Å². The van der Waals surface area contributed by atoms with Gasteiger partial charge < -0.3 is 14.8 Å². The molecule has 1 N–H and O–H groups in total. The topological polar surface area (TPSA) is 30.5 Å². The van der Waals surface area contributed by atoms with Crippen LogP contribution < -0.4 is 14.8 Å². The minimum absolute atomic E-state index is 0.286. The van der Waals surface area contributed by atoms with Crippen molar-refractivity contribution in [2.75, 3.05) is 21.3 Å². The molecule has 0 aliphatic carbocycles. The molecule has 0 fully saturated rings. The summed E-state index contributed by atoms with van der Waals surface area (Å²) in [5.41, 5.74) is 2.50. The summed E-state index contributed by atoms with van der Waals surface area (Å²) < 4.78 is 10.6. The highest BCUT2D eigenvalue weighted by molar-refractivity contribution is 5.43. The summed E-state index contributed by atoms with van der Waals surface area (Å²) in [6, 6.07) is 16.8. The first-order chi connectivity index (χ1) is 9.78. The van der Waals surface area contributed by atoms with Crippen LogP contribution in [0.2, 0.25) is 0 Å². The molecule has 1 atom stereocenters. The van der Waals surface area contributed by atoms with Crippen molar-refractivity contribution in [1.82, 2.24) is 5.32 Å². The van der Waals surface area contributed by atoms with Gasteiger partial charge in [-0.2, -0.15) is 0 Å². The summed E-state index contributed by atoms with van der Waals surface area (Å²) in [7, 11) is 5.30. The first-order valence-corrected chi connectivity index (χ1v) is 6.71. The van der Waals surface area contributed by atoms with Crippen molar-refractivity contribution in [2.24, 2.45) is 0 Å². The number of hydrogen-bond acceptors (Lipinski definition) is 3. The zero-order chi connectivity index (χ0) is 14.4. The molecular formula is C17H21NO2. The van der Waals surface area contributed by atoms with E-state index in [-0.39, 0.29) is 6.04 Å². The largest absolute Gasteiger partial charge is 0.493 e. The SMILES string of the molecule is CNC(Cc1ccc(OC)c(OC)c1)c1ccccc1. The van der Waals surface area contributed by atoms with E-state index in [9.17, 15) is 0 Å². The molecule has 0 aliphatic rings. The lowest BCUT2D eigenvalue weighted by molar-refractivity contribution is 0.354. The average Bonchev–Trinajstić information content (AvgIpc) is 2.53. The van der Waals surface area contributed by atoms with Gasteiger partial charge in [0.1, 0.15) is 0 Å². The molecule has 2 aromatic carbocycles. The van der Waals surface area contributed by atoms with E-state index in [1.807, 2.05) is 25.2 Å². The van der Waals surface area contributed by atoms with Crippen LogP contribution >= 0.6 is 0 Å². The molecule has 2 aromatic rings. The number of rotatable bonds is 6. The molecule has 106 valence electrons. The molecule has 0 bridgehead atoms. The molecule has 0 saturated heterocycles. The van der Waals surface area contributed by atoms with Crippen molar-refractivity contribution in [3.8, 4) is 11.5 Å². The summed E-state index contributed by atoms with van der Waals surface area (Å²) in [5, 5.41) is 3.36. The zero-order valence-corrected chi connectivity index (χ0v) is 12.2. The highest BCUT2D eigenvalue weighted by atomic mass is 16.5. The summed E-state index contributed by atoms with van der Waals surface area (Å²) >= 11 is 0. The number of ether oxygens (including phenoxy) is 2. The van der Waals surface area contributed by atoms with E-state index in [1.54, 1.807) is 14.2 Å².